The number of halogens is 2. The molecule has 1 N–H and O–H groups in total. The number of hydrogen-bond acceptors (Lipinski definition) is 3. The van der Waals surface area contributed by atoms with Gasteiger partial charge in [-0.1, -0.05) is 78.3 Å². The molecule has 0 aliphatic heterocycles. The van der Waals surface area contributed by atoms with E-state index in [0.717, 1.165) is 11.1 Å². The topological polar surface area (TPSA) is 49.4 Å². The minimum atomic E-state index is -0.678. The molecule has 0 spiro atoms. The molecule has 0 fully saturated rings. The standard InChI is InChI=1S/C26H26ClFN2O2S/c1-29-26(32)24(15-19-9-4-2-5-10-19)30(16-20-11-6-3-7-12-20)25(31)18-33-17-21-22(27)13-8-14-23(21)28/h2-14,24H,15-18H2,1H3,(H,29,32). The monoisotopic (exact) mass is 484 g/mol. The smallest absolute Gasteiger partial charge is 0.242 e. The number of likely N-dealkylation sites (N-methyl/N-ethyl adjacent to an activating group) is 1. The second-order valence-corrected chi connectivity index (χ2v) is 8.91. The number of carbonyl (C=O) groups excluding carboxylic acids is 2. The van der Waals surface area contributed by atoms with E-state index in [1.165, 1.54) is 17.8 Å². The summed E-state index contributed by atoms with van der Waals surface area (Å²) in [7, 11) is 1.57. The van der Waals surface area contributed by atoms with Gasteiger partial charge >= 0.3 is 0 Å². The van der Waals surface area contributed by atoms with Crippen LogP contribution in [0.25, 0.3) is 0 Å². The lowest BCUT2D eigenvalue weighted by atomic mass is 10.0. The molecule has 0 aliphatic rings. The fraction of sp³-hybridized carbons (Fsp3) is 0.231. The van der Waals surface area contributed by atoms with E-state index in [-0.39, 0.29) is 23.3 Å². The first-order valence-corrected chi connectivity index (χ1v) is 12.1. The molecule has 3 rings (SSSR count). The lowest BCUT2D eigenvalue weighted by Gasteiger charge is -2.31. The number of benzene rings is 3. The largest absolute Gasteiger partial charge is 0.357 e. The fourth-order valence-electron chi connectivity index (χ4n) is 3.49. The maximum atomic E-state index is 14.1. The maximum Gasteiger partial charge on any atom is 0.242 e. The minimum Gasteiger partial charge on any atom is -0.357 e. The van der Waals surface area contributed by atoms with Crippen LogP contribution in [0.4, 0.5) is 4.39 Å². The van der Waals surface area contributed by atoms with Gasteiger partial charge in [0.25, 0.3) is 0 Å². The van der Waals surface area contributed by atoms with Gasteiger partial charge in [0.2, 0.25) is 11.8 Å². The summed E-state index contributed by atoms with van der Waals surface area (Å²) in [5, 5.41) is 3.03. The molecule has 1 atom stereocenters. The van der Waals surface area contributed by atoms with Crippen LogP contribution in [0.2, 0.25) is 5.02 Å². The van der Waals surface area contributed by atoms with Gasteiger partial charge in [-0.15, -0.1) is 11.8 Å². The van der Waals surface area contributed by atoms with Crippen LogP contribution in [0.15, 0.2) is 78.9 Å². The second kappa shape index (κ2) is 12.4. The highest BCUT2D eigenvalue weighted by Gasteiger charge is 2.29. The Morgan fingerprint density at radius 1 is 0.970 bits per heavy atom. The Morgan fingerprint density at radius 2 is 1.61 bits per heavy atom. The van der Waals surface area contributed by atoms with Crippen LogP contribution in [0.3, 0.4) is 0 Å². The van der Waals surface area contributed by atoms with Crippen molar-refractivity contribution >= 4 is 35.2 Å². The van der Waals surface area contributed by atoms with Gasteiger partial charge in [-0.2, -0.15) is 0 Å². The molecule has 3 aromatic carbocycles. The molecule has 2 amide bonds. The fourth-order valence-corrected chi connectivity index (χ4v) is 4.74. The molecule has 1 unspecified atom stereocenters. The zero-order valence-electron chi connectivity index (χ0n) is 18.3. The van der Waals surface area contributed by atoms with Crippen molar-refractivity contribution in [1.29, 1.82) is 0 Å². The van der Waals surface area contributed by atoms with E-state index in [1.807, 2.05) is 60.7 Å². The van der Waals surface area contributed by atoms with Crippen LogP contribution in [0.1, 0.15) is 16.7 Å². The maximum absolute atomic E-state index is 14.1. The van der Waals surface area contributed by atoms with E-state index < -0.39 is 11.9 Å². The van der Waals surface area contributed by atoms with Crippen LogP contribution < -0.4 is 5.32 Å². The third kappa shape index (κ3) is 7.07. The molecule has 7 heteroatoms. The number of thioether (sulfide) groups is 1. The predicted octanol–water partition coefficient (Wildman–Crippen LogP) is 5.10. The van der Waals surface area contributed by atoms with Crippen molar-refractivity contribution < 1.29 is 14.0 Å². The van der Waals surface area contributed by atoms with E-state index >= 15 is 0 Å². The summed E-state index contributed by atoms with van der Waals surface area (Å²) < 4.78 is 14.1. The number of nitrogens with one attached hydrogen (secondary N) is 1. The number of amides is 2. The van der Waals surface area contributed by atoms with Crippen molar-refractivity contribution in [2.24, 2.45) is 0 Å². The number of nitrogens with zero attached hydrogens (tertiary/aromatic N) is 1. The molecule has 0 bridgehead atoms. The highest BCUT2D eigenvalue weighted by atomic mass is 35.5. The van der Waals surface area contributed by atoms with Gasteiger partial charge in [0.15, 0.2) is 0 Å². The Balaban J connectivity index is 1.80. The van der Waals surface area contributed by atoms with Gasteiger partial charge < -0.3 is 10.2 Å². The Morgan fingerprint density at radius 3 is 2.21 bits per heavy atom. The van der Waals surface area contributed by atoms with Crippen LogP contribution in [-0.2, 0) is 28.3 Å². The average molecular weight is 485 g/mol. The van der Waals surface area contributed by atoms with E-state index in [2.05, 4.69) is 5.32 Å². The van der Waals surface area contributed by atoms with Gasteiger partial charge in [0.1, 0.15) is 11.9 Å². The molecular formula is C26H26ClFN2O2S. The summed E-state index contributed by atoms with van der Waals surface area (Å²) in [4.78, 5) is 27.8. The average Bonchev–Trinajstić information content (AvgIpc) is 2.84. The normalized spacial score (nSPS) is 11.6. The van der Waals surface area contributed by atoms with Crippen molar-refractivity contribution in [1.82, 2.24) is 10.2 Å². The van der Waals surface area contributed by atoms with E-state index in [1.54, 1.807) is 24.1 Å². The SMILES string of the molecule is CNC(=O)C(Cc1ccccc1)N(Cc1ccccc1)C(=O)CSCc1c(F)cccc1Cl. The molecule has 0 aromatic heterocycles. The van der Waals surface area contributed by atoms with Crippen molar-refractivity contribution in [2.75, 3.05) is 12.8 Å². The molecule has 0 heterocycles. The van der Waals surface area contributed by atoms with Crippen molar-refractivity contribution in [3.05, 3.63) is 106 Å². The summed E-state index contributed by atoms with van der Waals surface area (Å²) in [6.07, 6.45) is 0.392. The van der Waals surface area contributed by atoms with Gasteiger partial charge in [-0.3, -0.25) is 9.59 Å². The van der Waals surface area contributed by atoms with Crippen LogP contribution >= 0.6 is 23.4 Å². The molecule has 0 aliphatic carbocycles. The van der Waals surface area contributed by atoms with Crippen molar-refractivity contribution in [3.63, 3.8) is 0 Å². The Kier molecular flexibility index (Phi) is 9.34. The van der Waals surface area contributed by atoms with Crippen LogP contribution in [-0.4, -0.2) is 35.6 Å². The van der Waals surface area contributed by atoms with Gasteiger partial charge in [-0.05, 0) is 23.3 Å². The molecule has 172 valence electrons. The van der Waals surface area contributed by atoms with E-state index in [9.17, 15) is 14.0 Å². The quantitative estimate of drug-likeness (QED) is 0.435. The Bertz CT molecular complexity index is 1050. The molecular weight excluding hydrogens is 459 g/mol. The van der Waals surface area contributed by atoms with Crippen LogP contribution in [0, 0.1) is 5.82 Å². The number of carbonyl (C=O) groups is 2. The highest BCUT2D eigenvalue weighted by Crippen LogP contribution is 2.25. The summed E-state index contributed by atoms with van der Waals surface area (Å²) in [6, 6.07) is 23.0. The third-order valence-electron chi connectivity index (χ3n) is 5.25. The molecule has 4 nitrogen and oxygen atoms in total. The highest BCUT2D eigenvalue weighted by molar-refractivity contribution is 7.99. The second-order valence-electron chi connectivity index (χ2n) is 7.52. The van der Waals surface area contributed by atoms with Gasteiger partial charge in [0.05, 0.1) is 5.75 Å². The Hall–Kier alpha value is -2.83. The lowest BCUT2D eigenvalue weighted by Crippen LogP contribution is -2.50. The zero-order valence-corrected chi connectivity index (χ0v) is 19.9. The number of rotatable bonds is 10. The summed E-state index contributed by atoms with van der Waals surface area (Å²) in [6.45, 7) is 0.297. The summed E-state index contributed by atoms with van der Waals surface area (Å²) in [5.41, 5.74) is 2.26. The minimum absolute atomic E-state index is 0.0970. The third-order valence-corrected chi connectivity index (χ3v) is 6.54. The number of hydrogen-bond donors (Lipinski definition) is 1. The van der Waals surface area contributed by atoms with E-state index in [0.29, 0.717) is 23.6 Å². The van der Waals surface area contributed by atoms with Crippen molar-refractivity contribution in [3.8, 4) is 0 Å². The summed E-state index contributed by atoms with van der Waals surface area (Å²) in [5.74, 6) is -0.457. The predicted molar refractivity (Wildman–Crippen MR) is 133 cm³/mol. The molecule has 33 heavy (non-hydrogen) atoms. The first kappa shape index (κ1) is 24.8. The molecule has 0 saturated carbocycles. The molecule has 0 radical (unpaired) electrons. The van der Waals surface area contributed by atoms with Crippen molar-refractivity contribution in [2.45, 2.75) is 24.8 Å². The van der Waals surface area contributed by atoms with Crippen LogP contribution in [0.5, 0.6) is 0 Å². The first-order chi connectivity index (χ1) is 16.0. The molecule has 3 aromatic rings. The van der Waals surface area contributed by atoms with E-state index in [4.69, 9.17) is 11.6 Å². The summed E-state index contributed by atoms with van der Waals surface area (Å²) >= 11 is 7.39. The van der Waals surface area contributed by atoms with Gasteiger partial charge in [0, 0.05) is 36.4 Å². The lowest BCUT2D eigenvalue weighted by molar-refractivity contribution is -0.139. The first-order valence-electron chi connectivity index (χ1n) is 10.6. The zero-order chi connectivity index (χ0) is 23.6. The van der Waals surface area contributed by atoms with Gasteiger partial charge in [-0.25, -0.2) is 4.39 Å². The molecule has 0 saturated heterocycles. The Labute approximate surface area is 203 Å².